The van der Waals surface area contributed by atoms with Crippen LogP contribution < -0.4 is 0 Å². The monoisotopic (exact) mass is 372 g/mol. The van der Waals surface area contributed by atoms with Crippen LogP contribution in [-0.4, -0.2) is 48.7 Å². The van der Waals surface area contributed by atoms with Gasteiger partial charge in [0.25, 0.3) is 0 Å². The van der Waals surface area contributed by atoms with Crippen molar-refractivity contribution in [3.8, 4) is 0 Å². The first-order valence-electron chi connectivity index (χ1n) is 6.40. The Bertz CT molecular complexity index is 498. The van der Waals surface area contributed by atoms with Gasteiger partial charge in [-0.25, -0.2) is 8.78 Å². The molecule has 0 atom stereocenters. The molecule has 0 aromatic heterocycles. The lowest BCUT2D eigenvalue weighted by Gasteiger charge is -2.35. The number of halogens is 6. The van der Waals surface area contributed by atoms with Gasteiger partial charge in [-0.15, -0.1) is 0 Å². The van der Waals surface area contributed by atoms with Gasteiger partial charge in [0, 0.05) is 38.3 Å². The molecule has 1 aliphatic rings. The molecular weight excluding hydrogens is 359 g/mol. The second-order valence-electron chi connectivity index (χ2n) is 4.99. The fourth-order valence-electron chi connectivity index (χ4n) is 2.30. The highest BCUT2D eigenvalue weighted by Crippen LogP contribution is 2.25. The second-order valence-corrected chi connectivity index (χ2v) is 5.78. The number of piperazine rings is 1. The quantitative estimate of drug-likeness (QED) is 0.592. The van der Waals surface area contributed by atoms with Gasteiger partial charge in [0.2, 0.25) is 0 Å². The molecule has 0 radical (unpaired) electrons. The normalized spacial score (nSPS) is 18.2. The average molecular weight is 373 g/mol. The van der Waals surface area contributed by atoms with Crippen LogP contribution in [0, 0.1) is 11.6 Å². The van der Waals surface area contributed by atoms with Crippen molar-refractivity contribution >= 4 is 15.9 Å². The lowest BCUT2D eigenvalue weighted by Crippen LogP contribution is -2.48. The maximum atomic E-state index is 13.7. The largest absolute Gasteiger partial charge is 0.401 e. The molecule has 21 heavy (non-hydrogen) atoms. The van der Waals surface area contributed by atoms with E-state index in [2.05, 4.69) is 15.9 Å². The van der Waals surface area contributed by atoms with E-state index in [1.54, 1.807) is 0 Å². The number of alkyl halides is 3. The van der Waals surface area contributed by atoms with Crippen molar-refractivity contribution in [2.45, 2.75) is 12.7 Å². The zero-order chi connectivity index (χ0) is 15.6. The van der Waals surface area contributed by atoms with Crippen molar-refractivity contribution in [3.05, 3.63) is 33.8 Å². The van der Waals surface area contributed by atoms with Crippen LogP contribution in [-0.2, 0) is 6.54 Å². The van der Waals surface area contributed by atoms with Crippen molar-refractivity contribution in [1.29, 1.82) is 0 Å². The molecule has 1 heterocycles. The van der Waals surface area contributed by atoms with E-state index in [0.29, 0.717) is 13.1 Å². The van der Waals surface area contributed by atoms with Crippen molar-refractivity contribution in [3.63, 3.8) is 0 Å². The molecule has 0 N–H and O–H groups in total. The van der Waals surface area contributed by atoms with Gasteiger partial charge in [0.1, 0.15) is 11.6 Å². The van der Waals surface area contributed by atoms with Crippen LogP contribution >= 0.6 is 15.9 Å². The lowest BCUT2D eigenvalue weighted by atomic mass is 10.1. The van der Waals surface area contributed by atoms with Gasteiger partial charge >= 0.3 is 6.18 Å². The Balaban J connectivity index is 1.94. The van der Waals surface area contributed by atoms with Crippen LogP contribution in [0.15, 0.2) is 16.6 Å². The molecule has 2 rings (SSSR count). The van der Waals surface area contributed by atoms with Crippen LogP contribution in [0.25, 0.3) is 0 Å². The van der Waals surface area contributed by atoms with Gasteiger partial charge in [-0.3, -0.25) is 9.80 Å². The summed E-state index contributed by atoms with van der Waals surface area (Å²) < 4.78 is 64.0. The third kappa shape index (κ3) is 4.62. The van der Waals surface area contributed by atoms with E-state index in [0.717, 1.165) is 12.1 Å². The van der Waals surface area contributed by atoms with E-state index in [4.69, 9.17) is 0 Å². The molecule has 8 heteroatoms. The van der Waals surface area contributed by atoms with Gasteiger partial charge < -0.3 is 0 Å². The molecule has 118 valence electrons. The molecule has 0 unspecified atom stereocenters. The highest BCUT2D eigenvalue weighted by molar-refractivity contribution is 9.10. The zero-order valence-corrected chi connectivity index (χ0v) is 12.6. The predicted molar refractivity (Wildman–Crippen MR) is 71.8 cm³/mol. The first-order chi connectivity index (χ1) is 9.76. The number of rotatable bonds is 3. The summed E-state index contributed by atoms with van der Waals surface area (Å²) in [5, 5.41) is 0. The highest BCUT2D eigenvalue weighted by atomic mass is 79.9. The Morgan fingerprint density at radius 1 is 0.952 bits per heavy atom. The third-order valence-corrected chi connectivity index (χ3v) is 4.25. The summed E-state index contributed by atoms with van der Waals surface area (Å²) in [5.74, 6) is -1.08. The zero-order valence-electron chi connectivity index (χ0n) is 11.1. The molecule has 0 amide bonds. The van der Waals surface area contributed by atoms with Crippen LogP contribution in [0.1, 0.15) is 5.56 Å². The van der Waals surface area contributed by atoms with Gasteiger partial charge in [-0.05, 0) is 28.1 Å². The van der Waals surface area contributed by atoms with Crippen LogP contribution in [0.4, 0.5) is 22.0 Å². The summed E-state index contributed by atoms with van der Waals surface area (Å²) in [6.07, 6.45) is -4.21. The summed E-state index contributed by atoms with van der Waals surface area (Å²) in [5.41, 5.74) is 0.194. The van der Waals surface area contributed by atoms with Crippen LogP contribution in [0.5, 0.6) is 0 Å². The maximum absolute atomic E-state index is 13.7. The average Bonchev–Trinajstić information content (AvgIpc) is 2.39. The molecule has 0 saturated carbocycles. The lowest BCUT2D eigenvalue weighted by molar-refractivity contribution is -0.149. The molecule has 1 aromatic carbocycles. The molecule has 1 fully saturated rings. The van der Waals surface area contributed by atoms with E-state index < -0.39 is 24.4 Å². The van der Waals surface area contributed by atoms with E-state index in [1.807, 2.05) is 4.90 Å². The summed E-state index contributed by atoms with van der Waals surface area (Å²) in [6.45, 7) is 0.530. The van der Waals surface area contributed by atoms with Gasteiger partial charge in [-0.2, -0.15) is 13.2 Å². The Morgan fingerprint density at radius 2 is 1.48 bits per heavy atom. The standard InChI is InChI=1S/C13H14BrF5N2/c14-12-9(10(15)1-2-11(12)16)7-20-3-5-21(6-4-20)8-13(17,18)19/h1-2H,3-8H2. The summed E-state index contributed by atoms with van der Waals surface area (Å²) >= 11 is 3.01. The van der Waals surface area contributed by atoms with E-state index in [1.165, 1.54) is 4.90 Å². The molecule has 1 aromatic rings. The smallest absolute Gasteiger partial charge is 0.296 e. The molecule has 1 saturated heterocycles. The van der Waals surface area contributed by atoms with Gasteiger partial charge in [-0.1, -0.05) is 0 Å². The molecular formula is C13H14BrF5N2. The van der Waals surface area contributed by atoms with Crippen molar-refractivity contribution < 1.29 is 22.0 Å². The molecule has 0 aliphatic carbocycles. The first kappa shape index (κ1) is 16.6. The topological polar surface area (TPSA) is 6.48 Å². The number of nitrogens with zero attached hydrogens (tertiary/aromatic N) is 2. The SMILES string of the molecule is Fc1ccc(F)c(CN2CCN(CC(F)(F)F)CC2)c1Br. The highest BCUT2D eigenvalue weighted by Gasteiger charge is 2.32. The minimum absolute atomic E-state index is 0.0696. The summed E-state index contributed by atoms with van der Waals surface area (Å²) in [7, 11) is 0. The van der Waals surface area contributed by atoms with E-state index >= 15 is 0 Å². The maximum Gasteiger partial charge on any atom is 0.401 e. The van der Waals surface area contributed by atoms with E-state index in [-0.39, 0.29) is 29.7 Å². The van der Waals surface area contributed by atoms with Gasteiger partial charge in [0.05, 0.1) is 11.0 Å². The molecule has 2 nitrogen and oxygen atoms in total. The van der Waals surface area contributed by atoms with Crippen molar-refractivity contribution in [2.75, 3.05) is 32.7 Å². The van der Waals surface area contributed by atoms with Crippen LogP contribution in [0.2, 0.25) is 0 Å². The second kappa shape index (κ2) is 6.58. The summed E-state index contributed by atoms with van der Waals surface area (Å²) in [4.78, 5) is 3.13. The Kier molecular flexibility index (Phi) is 5.21. The first-order valence-corrected chi connectivity index (χ1v) is 7.19. The van der Waals surface area contributed by atoms with Gasteiger partial charge in [0.15, 0.2) is 0 Å². The Hall–Kier alpha value is -0.730. The minimum atomic E-state index is -4.21. The minimum Gasteiger partial charge on any atom is -0.296 e. The fourth-order valence-corrected chi connectivity index (χ4v) is 2.74. The van der Waals surface area contributed by atoms with Crippen molar-refractivity contribution in [2.24, 2.45) is 0 Å². The molecule has 0 bridgehead atoms. The Labute approximate surface area is 127 Å². The molecule has 1 aliphatic heterocycles. The fraction of sp³-hybridized carbons (Fsp3) is 0.538. The number of hydrogen-bond donors (Lipinski definition) is 0. The number of benzene rings is 1. The predicted octanol–water partition coefficient (Wildman–Crippen LogP) is 3.41. The summed E-state index contributed by atoms with van der Waals surface area (Å²) in [6, 6.07) is 2.08. The van der Waals surface area contributed by atoms with Crippen LogP contribution in [0.3, 0.4) is 0 Å². The Morgan fingerprint density at radius 3 is 2.05 bits per heavy atom. The van der Waals surface area contributed by atoms with Crippen molar-refractivity contribution in [1.82, 2.24) is 9.80 Å². The number of hydrogen-bond acceptors (Lipinski definition) is 2. The third-order valence-electron chi connectivity index (χ3n) is 3.39. The molecule has 0 spiro atoms. The van der Waals surface area contributed by atoms with E-state index in [9.17, 15) is 22.0 Å².